The molecule has 1 atom stereocenters. The predicted octanol–water partition coefficient (Wildman–Crippen LogP) is 4.06. The van der Waals surface area contributed by atoms with Crippen LogP contribution in [-0.4, -0.2) is 25.4 Å². The lowest BCUT2D eigenvalue weighted by molar-refractivity contribution is -0.124. The number of nitrogens with zero attached hydrogens (tertiary/aromatic N) is 3. The average molecular weight is 440 g/mol. The van der Waals surface area contributed by atoms with Gasteiger partial charge in [0.15, 0.2) is 6.10 Å². The lowest BCUT2D eigenvalue weighted by Crippen LogP contribution is -2.20. The number of carbonyl (C=O) groups is 1. The van der Waals surface area contributed by atoms with E-state index in [1.165, 1.54) is 18.2 Å². The fourth-order valence-electron chi connectivity index (χ4n) is 3.49. The Labute approximate surface area is 182 Å². The fourth-order valence-corrected chi connectivity index (χ4v) is 3.69. The van der Waals surface area contributed by atoms with E-state index >= 15 is 0 Å². The van der Waals surface area contributed by atoms with Crippen LogP contribution in [-0.2, 0) is 4.79 Å². The first-order valence-electron chi connectivity index (χ1n) is 9.40. The zero-order valence-electron chi connectivity index (χ0n) is 16.7. The van der Waals surface area contributed by atoms with Gasteiger partial charge < -0.3 is 16.2 Å². The largest absolute Gasteiger partial charge is 0.382 e. The Morgan fingerprint density at radius 1 is 1.26 bits per heavy atom. The van der Waals surface area contributed by atoms with Gasteiger partial charge in [-0.3, -0.25) is 9.20 Å². The second-order valence-corrected chi connectivity index (χ2v) is 7.55. The van der Waals surface area contributed by atoms with Crippen molar-refractivity contribution in [3.8, 4) is 11.3 Å². The van der Waals surface area contributed by atoms with E-state index in [4.69, 9.17) is 17.3 Å². The van der Waals surface area contributed by atoms with Gasteiger partial charge in [0.1, 0.15) is 28.7 Å². The summed E-state index contributed by atoms with van der Waals surface area (Å²) in [5.41, 5.74) is 8.48. The van der Waals surface area contributed by atoms with Crippen LogP contribution in [0.4, 0.5) is 15.9 Å². The second-order valence-electron chi connectivity index (χ2n) is 7.12. The van der Waals surface area contributed by atoms with E-state index in [2.05, 4.69) is 15.3 Å². The van der Waals surface area contributed by atoms with Crippen LogP contribution in [0, 0.1) is 19.7 Å². The Morgan fingerprint density at radius 2 is 2.03 bits per heavy atom. The minimum Gasteiger partial charge on any atom is -0.382 e. The van der Waals surface area contributed by atoms with E-state index in [0.717, 1.165) is 11.8 Å². The van der Waals surface area contributed by atoms with Crippen molar-refractivity contribution in [2.24, 2.45) is 0 Å². The smallest absolute Gasteiger partial charge is 0.257 e. The van der Waals surface area contributed by atoms with Gasteiger partial charge in [0.2, 0.25) is 0 Å². The van der Waals surface area contributed by atoms with Crippen LogP contribution in [0.3, 0.4) is 0 Å². The highest BCUT2D eigenvalue weighted by Crippen LogP contribution is 2.32. The van der Waals surface area contributed by atoms with E-state index in [0.29, 0.717) is 27.6 Å². The Balaban J connectivity index is 1.65. The monoisotopic (exact) mass is 439 g/mol. The Morgan fingerprint density at radius 3 is 2.74 bits per heavy atom. The number of nitrogen functional groups attached to an aromatic ring is 1. The molecule has 7 nitrogen and oxygen atoms in total. The highest BCUT2D eigenvalue weighted by molar-refractivity contribution is 6.30. The third-order valence-electron chi connectivity index (χ3n) is 4.94. The van der Waals surface area contributed by atoms with Gasteiger partial charge in [-0.1, -0.05) is 23.7 Å². The quantitative estimate of drug-likeness (QED) is 0.444. The highest BCUT2D eigenvalue weighted by Gasteiger charge is 2.21. The topological polar surface area (TPSA) is 106 Å². The second kappa shape index (κ2) is 7.98. The fraction of sp³-hybridized carbons (Fsp3) is 0.136. The maximum absolute atomic E-state index is 15.0. The number of amides is 1. The number of fused-ring (bicyclic) bond motifs is 1. The van der Waals surface area contributed by atoms with Crippen molar-refractivity contribution in [1.82, 2.24) is 14.4 Å². The van der Waals surface area contributed by atoms with Crippen LogP contribution in [0.1, 0.15) is 23.2 Å². The molecule has 0 aliphatic carbocycles. The van der Waals surface area contributed by atoms with Crippen LogP contribution in [0.2, 0.25) is 5.02 Å². The van der Waals surface area contributed by atoms with E-state index in [9.17, 15) is 14.3 Å². The van der Waals surface area contributed by atoms with Gasteiger partial charge in [0.05, 0.1) is 0 Å². The molecule has 0 radical (unpaired) electrons. The number of rotatable bonds is 4. The Bertz CT molecular complexity index is 1320. The number of halogens is 2. The van der Waals surface area contributed by atoms with Gasteiger partial charge in [0, 0.05) is 28.2 Å². The average Bonchev–Trinajstić information content (AvgIpc) is 3.08. The number of aromatic nitrogens is 3. The van der Waals surface area contributed by atoms with Crippen molar-refractivity contribution in [3.63, 3.8) is 0 Å². The van der Waals surface area contributed by atoms with Gasteiger partial charge in [0.25, 0.3) is 5.91 Å². The van der Waals surface area contributed by atoms with Crippen molar-refractivity contribution < 1.29 is 14.3 Å². The van der Waals surface area contributed by atoms with E-state index in [-0.39, 0.29) is 17.1 Å². The molecule has 4 N–H and O–H groups in total. The maximum atomic E-state index is 15.0. The summed E-state index contributed by atoms with van der Waals surface area (Å²) in [6.07, 6.45) is 0.177. The number of imidazole rings is 1. The zero-order chi connectivity index (χ0) is 22.3. The van der Waals surface area contributed by atoms with E-state index in [1.807, 2.05) is 11.3 Å². The summed E-state index contributed by atoms with van der Waals surface area (Å²) < 4.78 is 16.8. The van der Waals surface area contributed by atoms with Gasteiger partial charge >= 0.3 is 0 Å². The summed E-state index contributed by atoms with van der Waals surface area (Å²) in [5.74, 6) is -0.418. The Hall–Kier alpha value is -3.49. The molecular weight excluding hydrogens is 421 g/mol. The van der Waals surface area contributed by atoms with Gasteiger partial charge in [-0.25, -0.2) is 14.4 Å². The molecule has 0 unspecified atom stereocenters. The molecule has 2 aromatic carbocycles. The molecule has 2 heterocycles. The van der Waals surface area contributed by atoms with Crippen molar-refractivity contribution in [2.45, 2.75) is 20.0 Å². The lowest BCUT2D eigenvalue weighted by Gasteiger charge is -2.13. The molecule has 1 amide bonds. The third-order valence-corrected chi connectivity index (χ3v) is 5.17. The van der Waals surface area contributed by atoms with Crippen molar-refractivity contribution >= 4 is 34.5 Å². The number of aryl methyl sites for hydroxylation is 2. The molecule has 0 bridgehead atoms. The molecule has 4 rings (SSSR count). The molecule has 0 aliphatic rings. The number of hydrogen-bond acceptors (Lipinski definition) is 5. The molecule has 158 valence electrons. The molecule has 2 aromatic heterocycles. The summed E-state index contributed by atoms with van der Waals surface area (Å²) in [5, 5.41) is 13.2. The summed E-state index contributed by atoms with van der Waals surface area (Å²) in [4.78, 5) is 21.0. The van der Waals surface area contributed by atoms with Crippen molar-refractivity contribution in [2.75, 3.05) is 11.1 Å². The van der Waals surface area contributed by atoms with Gasteiger partial charge in [-0.05, 0) is 49.7 Å². The number of anilines is 2. The van der Waals surface area contributed by atoms with Crippen LogP contribution in [0.5, 0.6) is 0 Å². The number of benzene rings is 2. The summed E-state index contributed by atoms with van der Waals surface area (Å²) in [6, 6.07) is 10.5. The van der Waals surface area contributed by atoms with Crippen molar-refractivity contribution in [1.29, 1.82) is 0 Å². The number of nitrogens with two attached hydrogens (primary N) is 1. The zero-order valence-corrected chi connectivity index (χ0v) is 17.5. The molecule has 0 spiro atoms. The van der Waals surface area contributed by atoms with Gasteiger partial charge in [-0.15, -0.1) is 0 Å². The molecular formula is C22H19ClFN5O2. The first-order valence-corrected chi connectivity index (χ1v) is 9.78. The normalized spacial score (nSPS) is 12.2. The molecule has 31 heavy (non-hydrogen) atoms. The number of nitrogens with one attached hydrogen (secondary N) is 1. The summed E-state index contributed by atoms with van der Waals surface area (Å²) >= 11 is 5.90. The molecule has 0 fully saturated rings. The van der Waals surface area contributed by atoms with Crippen LogP contribution < -0.4 is 11.1 Å². The first-order chi connectivity index (χ1) is 14.8. The molecule has 9 heteroatoms. The highest BCUT2D eigenvalue weighted by atomic mass is 35.5. The van der Waals surface area contributed by atoms with Crippen LogP contribution >= 0.6 is 11.6 Å². The minimum absolute atomic E-state index is 0.190. The SMILES string of the molecule is Cc1cnc(N)c2c(-c3ccc(NC(=O)[C@H](O)c4cccc(Cl)c4)cc3F)nc(C)n12. The number of hydrogen-bond donors (Lipinski definition) is 3. The lowest BCUT2D eigenvalue weighted by atomic mass is 10.1. The molecule has 4 aromatic rings. The van der Waals surface area contributed by atoms with E-state index < -0.39 is 17.8 Å². The molecule has 0 aliphatic heterocycles. The number of aliphatic hydroxyl groups excluding tert-OH is 1. The van der Waals surface area contributed by atoms with Crippen LogP contribution in [0.15, 0.2) is 48.7 Å². The maximum Gasteiger partial charge on any atom is 0.257 e. The van der Waals surface area contributed by atoms with E-state index in [1.54, 1.807) is 31.3 Å². The summed E-state index contributed by atoms with van der Waals surface area (Å²) in [7, 11) is 0. The number of carbonyl (C=O) groups excluding carboxylic acids is 1. The predicted molar refractivity (Wildman–Crippen MR) is 117 cm³/mol. The Kier molecular flexibility index (Phi) is 5.34. The number of aliphatic hydroxyl groups is 1. The third kappa shape index (κ3) is 3.83. The first kappa shape index (κ1) is 20.8. The standard InChI is InChI=1S/C22H19ClFN5O2/c1-11-10-26-21(25)19-18(27-12(2)29(11)19)16-7-6-15(9-17(16)24)28-22(31)20(30)13-4-3-5-14(23)8-13/h3-10,20,30H,1-2H3,(H2,25,26)(H,28,31)/t20-/m1/s1. The van der Waals surface area contributed by atoms with Crippen LogP contribution in [0.25, 0.3) is 16.8 Å². The molecule has 0 saturated heterocycles. The molecule has 0 saturated carbocycles. The van der Waals surface area contributed by atoms with Gasteiger partial charge in [-0.2, -0.15) is 0 Å². The van der Waals surface area contributed by atoms with Crippen molar-refractivity contribution in [3.05, 3.63) is 76.6 Å². The minimum atomic E-state index is -1.45. The summed E-state index contributed by atoms with van der Waals surface area (Å²) in [6.45, 7) is 3.66.